The van der Waals surface area contributed by atoms with Crippen LogP contribution in [-0.4, -0.2) is 57.6 Å². The van der Waals surface area contributed by atoms with Crippen LogP contribution in [0.1, 0.15) is 72.1 Å². The predicted molar refractivity (Wildman–Crippen MR) is 128 cm³/mol. The summed E-state index contributed by atoms with van der Waals surface area (Å²) in [6.07, 6.45) is 4.33. The van der Waals surface area contributed by atoms with Crippen molar-refractivity contribution in [1.29, 1.82) is 0 Å². The van der Waals surface area contributed by atoms with E-state index >= 15 is 0 Å². The van der Waals surface area contributed by atoms with Crippen LogP contribution in [0.4, 0.5) is 15.4 Å². The molecule has 1 saturated carbocycles. The second-order valence-corrected chi connectivity index (χ2v) is 11.8. The molecule has 0 radical (unpaired) electrons. The first-order chi connectivity index (χ1) is 15.7. The molecule has 0 spiro atoms. The summed E-state index contributed by atoms with van der Waals surface area (Å²) in [5.74, 6) is 0.573. The maximum absolute atomic E-state index is 13.0. The van der Waals surface area contributed by atoms with Crippen LogP contribution in [0.5, 0.6) is 0 Å². The molecule has 2 aliphatic rings. The van der Waals surface area contributed by atoms with Crippen molar-refractivity contribution in [2.24, 2.45) is 22.9 Å². The summed E-state index contributed by atoms with van der Waals surface area (Å²) < 4.78 is 7.17. The number of urea groups is 1. The summed E-state index contributed by atoms with van der Waals surface area (Å²) in [5.41, 5.74) is 0.936. The molecule has 10 heteroatoms. The van der Waals surface area contributed by atoms with Gasteiger partial charge in [0.05, 0.1) is 18.8 Å². The number of rotatable bonds is 4. The van der Waals surface area contributed by atoms with E-state index < -0.39 is 5.60 Å². The fraction of sp³-hybridized carbons (Fsp3) is 0.750. The van der Waals surface area contributed by atoms with Gasteiger partial charge in [-0.3, -0.25) is 10.00 Å². The van der Waals surface area contributed by atoms with Gasteiger partial charge in [0.2, 0.25) is 6.08 Å². The molecule has 3 rings (SSSR count). The summed E-state index contributed by atoms with van der Waals surface area (Å²) in [4.78, 5) is 41.7. The van der Waals surface area contributed by atoms with Crippen molar-refractivity contribution in [2.45, 2.75) is 85.4 Å². The third kappa shape index (κ3) is 6.38. The lowest BCUT2D eigenvalue weighted by Crippen LogP contribution is -2.49. The minimum absolute atomic E-state index is 0.00294. The predicted octanol–water partition coefficient (Wildman–Crippen LogP) is 3.76. The average Bonchev–Trinajstić information content (AvgIpc) is 2.98. The number of carbonyl (C=O) groups is 2. The molecule has 3 amide bonds. The number of aliphatic imine (C=N–C) groups is 1. The highest BCUT2D eigenvalue weighted by atomic mass is 16.6. The summed E-state index contributed by atoms with van der Waals surface area (Å²) in [6.45, 7) is 13.2. The molecule has 2 N–H and O–H groups in total. The number of amides is 3. The summed E-state index contributed by atoms with van der Waals surface area (Å²) >= 11 is 0. The highest BCUT2D eigenvalue weighted by Gasteiger charge is 2.42. The van der Waals surface area contributed by atoms with Crippen molar-refractivity contribution in [3.63, 3.8) is 0 Å². The first-order valence-corrected chi connectivity index (χ1v) is 11.8. The van der Waals surface area contributed by atoms with Crippen LogP contribution >= 0.6 is 0 Å². The van der Waals surface area contributed by atoms with Gasteiger partial charge in [-0.05, 0) is 50.9 Å². The van der Waals surface area contributed by atoms with Crippen molar-refractivity contribution in [3.05, 3.63) is 11.3 Å². The molecule has 2 heterocycles. The highest BCUT2D eigenvalue weighted by molar-refractivity contribution is 5.89. The highest BCUT2D eigenvalue weighted by Crippen LogP contribution is 2.46. The van der Waals surface area contributed by atoms with Gasteiger partial charge in [0.25, 0.3) is 0 Å². The van der Waals surface area contributed by atoms with Crippen molar-refractivity contribution >= 4 is 24.0 Å². The number of hydrogen-bond donors (Lipinski definition) is 2. The monoisotopic (exact) mass is 474 g/mol. The van der Waals surface area contributed by atoms with E-state index in [2.05, 4.69) is 41.5 Å². The Morgan fingerprint density at radius 1 is 1.26 bits per heavy atom. The Morgan fingerprint density at radius 3 is 2.62 bits per heavy atom. The maximum Gasteiger partial charge on any atom is 0.410 e. The molecule has 0 aromatic carbocycles. The second-order valence-electron chi connectivity index (χ2n) is 11.8. The van der Waals surface area contributed by atoms with Gasteiger partial charge in [-0.1, -0.05) is 20.8 Å². The smallest absolute Gasteiger partial charge is 0.410 e. The molecular formula is C24H38N6O4. The zero-order valence-electron chi connectivity index (χ0n) is 21.4. The van der Waals surface area contributed by atoms with E-state index in [0.29, 0.717) is 31.9 Å². The van der Waals surface area contributed by atoms with Crippen LogP contribution in [0.2, 0.25) is 0 Å². The van der Waals surface area contributed by atoms with Crippen molar-refractivity contribution in [1.82, 2.24) is 20.0 Å². The number of nitrogens with zero attached hydrogens (tertiary/aromatic N) is 4. The first-order valence-electron chi connectivity index (χ1n) is 11.8. The Bertz CT molecular complexity index is 988. The van der Waals surface area contributed by atoms with Crippen molar-refractivity contribution < 1.29 is 19.1 Å². The first kappa shape index (κ1) is 25.7. The Kier molecular flexibility index (Phi) is 7.12. The number of isocyanates is 1. The number of aromatic nitrogens is 2. The molecule has 188 valence electrons. The van der Waals surface area contributed by atoms with Gasteiger partial charge in [-0.15, -0.1) is 0 Å². The molecule has 1 aromatic rings. The lowest BCUT2D eigenvalue weighted by molar-refractivity contribution is 0.0224. The molecule has 1 fully saturated rings. The summed E-state index contributed by atoms with van der Waals surface area (Å²) in [6, 6.07) is -0.373. The molecule has 34 heavy (non-hydrogen) atoms. The molecule has 10 nitrogen and oxygen atoms in total. The Balaban J connectivity index is 1.70. The minimum atomic E-state index is -0.577. The van der Waals surface area contributed by atoms with Gasteiger partial charge in [0, 0.05) is 31.6 Å². The normalized spacial score (nSPS) is 24.0. The van der Waals surface area contributed by atoms with Gasteiger partial charge in [0.1, 0.15) is 11.4 Å². The lowest BCUT2D eigenvalue weighted by atomic mass is 9.62. The Morgan fingerprint density at radius 2 is 1.97 bits per heavy atom. The van der Waals surface area contributed by atoms with E-state index in [0.717, 1.165) is 30.5 Å². The topological polar surface area (TPSA) is 118 Å². The fourth-order valence-electron chi connectivity index (χ4n) is 5.55. The average molecular weight is 475 g/mol. The van der Waals surface area contributed by atoms with Crippen LogP contribution in [0.15, 0.2) is 4.99 Å². The number of nitrogens with one attached hydrogen (secondary N) is 2. The van der Waals surface area contributed by atoms with Gasteiger partial charge in [-0.2, -0.15) is 5.10 Å². The van der Waals surface area contributed by atoms with Crippen LogP contribution in [0.25, 0.3) is 0 Å². The van der Waals surface area contributed by atoms with Crippen molar-refractivity contribution in [3.8, 4) is 0 Å². The zero-order valence-corrected chi connectivity index (χ0v) is 21.4. The van der Waals surface area contributed by atoms with Gasteiger partial charge in [-0.25, -0.2) is 19.4 Å². The SMILES string of the molecule is Cn1nc2c(c1NC(=O)NC1CC(C)(C)CC(C)(CN=C=O)C1)CN(C(=O)OC(C)(C)C)CC2. The number of anilines is 1. The molecule has 1 aliphatic carbocycles. The molecule has 0 saturated heterocycles. The van der Waals surface area contributed by atoms with Gasteiger partial charge >= 0.3 is 12.1 Å². The summed E-state index contributed by atoms with van der Waals surface area (Å²) in [5, 5.41) is 10.6. The van der Waals surface area contributed by atoms with Gasteiger partial charge < -0.3 is 15.0 Å². The third-order valence-corrected chi connectivity index (χ3v) is 6.38. The number of hydrogen-bond acceptors (Lipinski definition) is 6. The second kappa shape index (κ2) is 9.41. The number of ether oxygens (including phenoxy) is 1. The van der Waals surface area contributed by atoms with E-state index in [1.807, 2.05) is 20.8 Å². The summed E-state index contributed by atoms with van der Waals surface area (Å²) in [7, 11) is 1.78. The molecule has 1 aromatic heterocycles. The molecular weight excluding hydrogens is 436 g/mol. The van der Waals surface area contributed by atoms with E-state index in [4.69, 9.17) is 4.74 Å². The Hall–Kier alpha value is -2.87. The minimum Gasteiger partial charge on any atom is -0.444 e. The van der Waals surface area contributed by atoms with E-state index in [1.165, 1.54) is 0 Å². The molecule has 2 unspecified atom stereocenters. The maximum atomic E-state index is 13.0. The van der Waals surface area contributed by atoms with E-state index in [1.54, 1.807) is 22.7 Å². The van der Waals surface area contributed by atoms with Crippen LogP contribution in [0, 0.1) is 10.8 Å². The van der Waals surface area contributed by atoms with Crippen LogP contribution in [0.3, 0.4) is 0 Å². The quantitative estimate of drug-likeness (QED) is 0.509. The number of aryl methyl sites for hydroxylation is 1. The zero-order chi connectivity index (χ0) is 25.3. The fourth-order valence-corrected chi connectivity index (χ4v) is 5.55. The van der Waals surface area contributed by atoms with Gasteiger partial charge in [0.15, 0.2) is 0 Å². The molecule has 2 atom stereocenters. The molecule has 0 bridgehead atoms. The standard InChI is InChI=1S/C24H38N6O4/c1-22(2,3)34-21(33)30-9-8-18-17(12-30)19(29(7)28-18)27-20(32)26-16-10-23(4,5)13-24(6,11-16)14-25-15-31/h16H,8-14H2,1-7H3,(H2,26,27,32). The number of carbonyl (C=O) groups excluding carboxylic acids is 3. The molecule has 1 aliphatic heterocycles. The lowest BCUT2D eigenvalue weighted by Gasteiger charge is -2.46. The largest absolute Gasteiger partial charge is 0.444 e. The number of fused-ring (bicyclic) bond motifs is 1. The van der Waals surface area contributed by atoms with E-state index in [9.17, 15) is 14.4 Å². The van der Waals surface area contributed by atoms with E-state index in [-0.39, 0.29) is 29.0 Å². The third-order valence-electron chi connectivity index (χ3n) is 6.38. The Labute approximate surface area is 201 Å². The van der Waals surface area contributed by atoms with Crippen LogP contribution in [-0.2, 0) is 29.5 Å². The van der Waals surface area contributed by atoms with Crippen molar-refractivity contribution in [2.75, 3.05) is 18.4 Å². The van der Waals surface area contributed by atoms with Crippen LogP contribution < -0.4 is 10.6 Å².